The van der Waals surface area contributed by atoms with Crippen molar-refractivity contribution in [2.75, 3.05) is 31.3 Å². The molecule has 0 aliphatic rings. The normalized spacial score (nSPS) is 8.83. The molecule has 0 aromatic heterocycles. The van der Waals surface area contributed by atoms with Crippen molar-refractivity contribution in [2.24, 2.45) is 0 Å². The van der Waals surface area contributed by atoms with Gasteiger partial charge in [-0.15, -0.1) is 0 Å². The van der Waals surface area contributed by atoms with E-state index in [9.17, 15) is 0 Å². The quantitative estimate of drug-likeness (QED) is 0.654. The van der Waals surface area contributed by atoms with Gasteiger partial charge in [0.2, 0.25) is 0 Å². The molecular formula is C14H42O3S. The molecule has 0 aromatic rings. The highest BCUT2D eigenvalue weighted by Gasteiger charge is 2.00. The number of ether oxygens (including phenoxy) is 1. The van der Waals surface area contributed by atoms with E-state index in [1.807, 2.05) is 0 Å². The van der Waals surface area contributed by atoms with Gasteiger partial charge in [-0.3, -0.25) is 0 Å². The van der Waals surface area contributed by atoms with E-state index in [1.165, 1.54) is 0 Å². The standard InChI is InChI=1S/C8H18O3S.6CH4/c1-2-3-11-4-5-12-7-8(10)6-9;;;;;;/h8-10H,2-7H2,1H3;6*1H4. The highest BCUT2D eigenvalue weighted by atomic mass is 32.2. The van der Waals surface area contributed by atoms with Crippen LogP contribution >= 0.6 is 11.8 Å². The molecule has 0 saturated heterocycles. The molecule has 0 aliphatic carbocycles. The second-order valence-corrected chi connectivity index (χ2v) is 3.67. The van der Waals surface area contributed by atoms with Crippen LogP contribution in [0.5, 0.6) is 0 Å². The Kier molecular flexibility index (Phi) is 85.8. The first-order chi connectivity index (χ1) is 5.81. The smallest absolute Gasteiger partial charge is 0.0861 e. The third-order valence-corrected chi connectivity index (χ3v) is 2.32. The van der Waals surface area contributed by atoms with Crippen molar-refractivity contribution in [1.29, 1.82) is 0 Å². The van der Waals surface area contributed by atoms with E-state index in [2.05, 4.69) is 6.92 Å². The van der Waals surface area contributed by atoms with Crippen molar-refractivity contribution in [3.8, 4) is 0 Å². The molecule has 18 heavy (non-hydrogen) atoms. The molecular weight excluding hydrogens is 248 g/mol. The summed E-state index contributed by atoms with van der Waals surface area (Å²) in [5, 5.41) is 17.4. The lowest BCUT2D eigenvalue weighted by molar-refractivity contribution is 0.113. The van der Waals surface area contributed by atoms with Gasteiger partial charge in [-0.2, -0.15) is 11.8 Å². The molecule has 0 saturated carbocycles. The van der Waals surface area contributed by atoms with Crippen LogP contribution in [0.25, 0.3) is 0 Å². The first-order valence-corrected chi connectivity index (χ1v) is 5.41. The molecule has 0 fully saturated rings. The zero-order valence-corrected chi connectivity index (χ0v) is 8.35. The average molecular weight is 291 g/mol. The van der Waals surface area contributed by atoms with Crippen molar-refractivity contribution in [1.82, 2.24) is 0 Å². The van der Waals surface area contributed by atoms with Gasteiger partial charge in [0.05, 0.1) is 19.3 Å². The summed E-state index contributed by atoms with van der Waals surface area (Å²) in [6.07, 6.45) is 0.463. The van der Waals surface area contributed by atoms with Crippen LogP contribution in [0.4, 0.5) is 0 Å². The van der Waals surface area contributed by atoms with E-state index in [0.29, 0.717) is 5.75 Å². The van der Waals surface area contributed by atoms with Crippen LogP contribution < -0.4 is 0 Å². The lowest BCUT2D eigenvalue weighted by atomic mass is 10.4. The monoisotopic (exact) mass is 290 g/mol. The van der Waals surface area contributed by atoms with Crippen LogP contribution in [0.15, 0.2) is 0 Å². The Labute approximate surface area is 122 Å². The van der Waals surface area contributed by atoms with Gasteiger partial charge in [-0.05, 0) is 6.42 Å². The third-order valence-electron chi connectivity index (χ3n) is 1.24. The molecule has 0 rings (SSSR count). The van der Waals surface area contributed by atoms with E-state index >= 15 is 0 Å². The molecule has 0 aliphatic heterocycles. The molecule has 2 N–H and O–H groups in total. The summed E-state index contributed by atoms with van der Waals surface area (Å²) in [6.45, 7) is 3.46. The van der Waals surface area contributed by atoms with Gasteiger partial charge in [-0.1, -0.05) is 51.5 Å². The van der Waals surface area contributed by atoms with E-state index in [0.717, 1.165) is 25.4 Å². The minimum Gasteiger partial charge on any atom is -0.394 e. The first kappa shape index (κ1) is 42.9. The molecule has 1 unspecified atom stereocenters. The minimum absolute atomic E-state index is 0. The van der Waals surface area contributed by atoms with Gasteiger partial charge >= 0.3 is 0 Å². The number of thioether (sulfide) groups is 1. The summed E-state index contributed by atoms with van der Waals surface area (Å²) in [4.78, 5) is 0. The molecule has 0 aromatic carbocycles. The highest BCUT2D eigenvalue weighted by molar-refractivity contribution is 7.99. The summed E-state index contributed by atoms with van der Waals surface area (Å²) in [5.41, 5.74) is 0. The van der Waals surface area contributed by atoms with Crippen molar-refractivity contribution < 1.29 is 14.9 Å². The first-order valence-electron chi connectivity index (χ1n) is 4.25. The van der Waals surface area contributed by atoms with E-state index < -0.39 is 6.10 Å². The summed E-state index contributed by atoms with van der Waals surface area (Å²) >= 11 is 1.60. The Balaban J connectivity index is -0.0000000403. The van der Waals surface area contributed by atoms with Crippen LogP contribution in [-0.4, -0.2) is 47.6 Å². The zero-order valence-electron chi connectivity index (χ0n) is 7.53. The molecule has 1 atom stereocenters. The fourth-order valence-corrected chi connectivity index (χ4v) is 1.42. The highest BCUT2D eigenvalue weighted by Crippen LogP contribution is 2.02. The number of aliphatic hydroxyl groups is 2. The Morgan fingerprint density at radius 2 is 1.50 bits per heavy atom. The molecule has 0 radical (unpaired) electrons. The maximum Gasteiger partial charge on any atom is 0.0861 e. The molecule has 0 bridgehead atoms. The molecule has 0 heterocycles. The molecule has 0 amide bonds. The predicted molar refractivity (Wildman–Crippen MR) is 91.9 cm³/mol. The average Bonchev–Trinajstić information content (AvgIpc) is 2.10. The predicted octanol–water partition coefficient (Wildman–Crippen LogP) is 4.32. The summed E-state index contributed by atoms with van der Waals surface area (Å²) in [7, 11) is 0. The van der Waals surface area contributed by atoms with Crippen LogP contribution in [0, 0.1) is 0 Å². The summed E-state index contributed by atoms with van der Waals surface area (Å²) < 4.78 is 5.23. The van der Waals surface area contributed by atoms with Crippen molar-refractivity contribution >= 4 is 11.8 Å². The Bertz CT molecular complexity index is 93.1. The van der Waals surface area contributed by atoms with Crippen molar-refractivity contribution in [3.63, 3.8) is 0 Å². The SMILES string of the molecule is C.C.C.C.C.C.CCCOCCSCC(O)CO. The summed E-state index contributed by atoms with van der Waals surface area (Å²) in [5.74, 6) is 1.48. The fraction of sp³-hybridized carbons (Fsp3) is 1.00. The molecule has 3 nitrogen and oxygen atoms in total. The van der Waals surface area contributed by atoms with Gasteiger partial charge < -0.3 is 14.9 Å². The Hall–Kier alpha value is 0.230. The van der Waals surface area contributed by atoms with Crippen LogP contribution in [0.2, 0.25) is 0 Å². The zero-order chi connectivity index (χ0) is 9.23. The third kappa shape index (κ3) is 36.0. The van der Waals surface area contributed by atoms with Gasteiger partial charge in [0.15, 0.2) is 0 Å². The molecule has 0 spiro atoms. The van der Waals surface area contributed by atoms with Gasteiger partial charge in [0.25, 0.3) is 0 Å². The van der Waals surface area contributed by atoms with E-state index in [4.69, 9.17) is 14.9 Å². The Morgan fingerprint density at radius 1 is 1.00 bits per heavy atom. The van der Waals surface area contributed by atoms with Gasteiger partial charge in [0.1, 0.15) is 0 Å². The maximum atomic E-state index is 8.95. The molecule has 122 valence electrons. The maximum absolute atomic E-state index is 8.95. The second-order valence-electron chi connectivity index (χ2n) is 2.52. The van der Waals surface area contributed by atoms with E-state index in [1.54, 1.807) is 11.8 Å². The molecule has 4 heteroatoms. The van der Waals surface area contributed by atoms with Crippen LogP contribution in [0.3, 0.4) is 0 Å². The second kappa shape index (κ2) is 36.0. The number of aliphatic hydroxyl groups excluding tert-OH is 2. The number of hydrogen-bond donors (Lipinski definition) is 2. The largest absolute Gasteiger partial charge is 0.394 e. The fourth-order valence-electron chi connectivity index (χ4n) is 0.636. The van der Waals surface area contributed by atoms with E-state index in [-0.39, 0.29) is 51.2 Å². The lowest BCUT2D eigenvalue weighted by Crippen LogP contribution is -2.15. The van der Waals surface area contributed by atoms with Gasteiger partial charge in [-0.25, -0.2) is 0 Å². The van der Waals surface area contributed by atoms with Gasteiger partial charge in [0, 0.05) is 18.1 Å². The topological polar surface area (TPSA) is 49.7 Å². The number of hydrogen-bond acceptors (Lipinski definition) is 4. The summed E-state index contributed by atoms with van der Waals surface area (Å²) in [6, 6.07) is 0. The Morgan fingerprint density at radius 3 is 1.89 bits per heavy atom. The van der Waals surface area contributed by atoms with Crippen molar-refractivity contribution in [2.45, 2.75) is 64.0 Å². The minimum atomic E-state index is -0.582. The van der Waals surface area contributed by atoms with Crippen LogP contribution in [0.1, 0.15) is 57.9 Å². The number of rotatable bonds is 8. The van der Waals surface area contributed by atoms with Crippen molar-refractivity contribution in [3.05, 3.63) is 0 Å². The lowest BCUT2D eigenvalue weighted by Gasteiger charge is -2.06. The van der Waals surface area contributed by atoms with Crippen LogP contribution in [-0.2, 0) is 4.74 Å².